The third kappa shape index (κ3) is 12.1. The molecular formula is C9H17F3N2O2S2. The molecule has 0 aliphatic rings. The summed E-state index contributed by atoms with van der Waals surface area (Å²) < 4.78 is 60.3. The molecule has 108 valence electrons. The topological polar surface area (TPSA) is 72.2 Å². The van der Waals surface area contributed by atoms with Crippen LogP contribution in [0.25, 0.3) is 0 Å². The fraction of sp³-hybridized carbons (Fsp3) is 0.889. The maximum absolute atomic E-state index is 11.8. The van der Waals surface area contributed by atoms with Crippen molar-refractivity contribution in [1.82, 2.24) is 4.72 Å². The first kappa shape index (κ1) is 17.6. The van der Waals surface area contributed by atoms with Crippen molar-refractivity contribution < 1.29 is 21.6 Å². The summed E-state index contributed by atoms with van der Waals surface area (Å²) in [4.78, 5) is 0.364. The van der Waals surface area contributed by atoms with Gasteiger partial charge in [-0.1, -0.05) is 12.2 Å². The molecule has 3 N–H and O–H groups in total. The van der Waals surface area contributed by atoms with E-state index in [-0.39, 0.29) is 6.54 Å². The first-order chi connectivity index (χ1) is 8.12. The molecule has 0 unspecified atom stereocenters. The Labute approximate surface area is 110 Å². The van der Waals surface area contributed by atoms with E-state index in [9.17, 15) is 21.6 Å². The maximum atomic E-state index is 11.8. The van der Waals surface area contributed by atoms with Gasteiger partial charge < -0.3 is 5.73 Å². The van der Waals surface area contributed by atoms with Crippen molar-refractivity contribution in [1.29, 1.82) is 0 Å². The molecule has 0 aromatic carbocycles. The lowest BCUT2D eigenvalue weighted by Gasteiger charge is -2.08. The van der Waals surface area contributed by atoms with E-state index in [0.717, 1.165) is 0 Å². The Kier molecular flexibility index (Phi) is 7.72. The van der Waals surface area contributed by atoms with E-state index >= 15 is 0 Å². The van der Waals surface area contributed by atoms with E-state index in [1.165, 1.54) is 0 Å². The zero-order valence-electron chi connectivity index (χ0n) is 9.79. The monoisotopic (exact) mass is 306 g/mol. The zero-order valence-corrected chi connectivity index (χ0v) is 11.4. The van der Waals surface area contributed by atoms with Crippen molar-refractivity contribution in [3.63, 3.8) is 0 Å². The fourth-order valence-electron chi connectivity index (χ4n) is 1.19. The van der Waals surface area contributed by atoms with E-state index in [1.807, 2.05) is 0 Å². The van der Waals surface area contributed by atoms with Crippen LogP contribution in [0.3, 0.4) is 0 Å². The summed E-state index contributed by atoms with van der Waals surface area (Å²) in [5.74, 6) is -0.512. The summed E-state index contributed by atoms with van der Waals surface area (Å²) in [6, 6.07) is 0. The number of rotatable bonds is 9. The Morgan fingerprint density at radius 3 is 2.33 bits per heavy atom. The van der Waals surface area contributed by atoms with Crippen molar-refractivity contribution in [3.8, 4) is 0 Å². The largest absolute Gasteiger partial charge is 0.393 e. The number of nitrogens with one attached hydrogen (secondary N) is 1. The Morgan fingerprint density at radius 1 is 1.22 bits per heavy atom. The molecule has 0 saturated heterocycles. The highest BCUT2D eigenvalue weighted by Gasteiger charge is 2.27. The van der Waals surface area contributed by atoms with E-state index in [1.54, 1.807) is 0 Å². The van der Waals surface area contributed by atoms with Crippen LogP contribution in [0.2, 0.25) is 0 Å². The summed E-state index contributed by atoms with van der Waals surface area (Å²) in [5, 5.41) is 0. The third-order valence-electron chi connectivity index (χ3n) is 2.05. The molecule has 9 heteroatoms. The van der Waals surface area contributed by atoms with Gasteiger partial charge in [-0.15, -0.1) is 0 Å². The second-order valence-corrected chi connectivity index (χ2v) is 6.31. The summed E-state index contributed by atoms with van der Waals surface area (Å²) in [7, 11) is -3.62. The lowest BCUT2D eigenvalue weighted by Crippen LogP contribution is -2.28. The molecule has 0 rings (SSSR count). The van der Waals surface area contributed by atoms with Crippen LogP contribution in [0.1, 0.15) is 32.1 Å². The van der Waals surface area contributed by atoms with Gasteiger partial charge in [-0.2, -0.15) is 13.2 Å². The summed E-state index contributed by atoms with van der Waals surface area (Å²) >= 11 is 4.64. The van der Waals surface area contributed by atoms with Crippen LogP contribution >= 0.6 is 12.2 Å². The van der Waals surface area contributed by atoms with Crippen LogP contribution in [0, 0.1) is 0 Å². The second-order valence-electron chi connectivity index (χ2n) is 3.86. The molecule has 0 heterocycles. The number of nitrogens with two attached hydrogens (primary N) is 1. The molecule has 0 amide bonds. The van der Waals surface area contributed by atoms with E-state index in [4.69, 9.17) is 5.73 Å². The van der Waals surface area contributed by atoms with Crippen LogP contribution < -0.4 is 10.5 Å². The van der Waals surface area contributed by atoms with E-state index in [2.05, 4.69) is 16.9 Å². The Morgan fingerprint density at radius 2 is 1.83 bits per heavy atom. The van der Waals surface area contributed by atoms with Crippen LogP contribution in [0.5, 0.6) is 0 Å². The maximum Gasteiger partial charge on any atom is 0.389 e. The highest BCUT2D eigenvalue weighted by molar-refractivity contribution is 7.89. The van der Waals surface area contributed by atoms with Gasteiger partial charge in [-0.3, -0.25) is 0 Å². The van der Waals surface area contributed by atoms with Gasteiger partial charge in [0.15, 0.2) is 0 Å². The number of unbranched alkanes of at least 4 members (excludes halogenated alkanes) is 1. The van der Waals surface area contributed by atoms with Crippen molar-refractivity contribution in [3.05, 3.63) is 0 Å². The van der Waals surface area contributed by atoms with E-state index in [0.29, 0.717) is 24.3 Å². The first-order valence-corrected chi connectivity index (χ1v) is 7.51. The van der Waals surface area contributed by atoms with Crippen molar-refractivity contribution in [2.45, 2.75) is 38.3 Å². The Bertz CT molecular complexity index is 355. The smallest absolute Gasteiger partial charge is 0.389 e. The molecule has 4 nitrogen and oxygen atoms in total. The predicted molar refractivity (Wildman–Crippen MR) is 67.7 cm³/mol. The molecular weight excluding hydrogens is 289 g/mol. The highest BCUT2D eigenvalue weighted by Crippen LogP contribution is 2.21. The normalized spacial score (nSPS) is 12.6. The van der Waals surface area contributed by atoms with Crippen molar-refractivity contribution in [2.75, 3.05) is 12.3 Å². The average Bonchev–Trinajstić information content (AvgIpc) is 2.13. The summed E-state index contributed by atoms with van der Waals surface area (Å²) in [6.07, 6.45) is -4.09. The summed E-state index contributed by atoms with van der Waals surface area (Å²) in [5.41, 5.74) is 5.25. The molecule has 0 aliphatic heterocycles. The Hall–Kier alpha value is -0.410. The van der Waals surface area contributed by atoms with Gasteiger partial charge in [0, 0.05) is 13.0 Å². The van der Waals surface area contributed by atoms with Crippen LogP contribution in [0.15, 0.2) is 0 Å². The SMILES string of the molecule is NC(=S)CCCCNS(=O)(=O)CCCC(F)(F)F. The molecule has 0 bridgehead atoms. The molecule has 0 saturated carbocycles. The number of thiocarbonyl (C=S) groups is 1. The average molecular weight is 306 g/mol. The molecule has 18 heavy (non-hydrogen) atoms. The molecule has 0 spiro atoms. The van der Waals surface area contributed by atoms with Gasteiger partial charge in [0.25, 0.3) is 0 Å². The van der Waals surface area contributed by atoms with Gasteiger partial charge in [-0.05, 0) is 25.7 Å². The Balaban J connectivity index is 3.71. The van der Waals surface area contributed by atoms with Crippen molar-refractivity contribution in [2.24, 2.45) is 5.73 Å². The molecule has 0 aliphatic carbocycles. The van der Waals surface area contributed by atoms with Gasteiger partial charge in [0.05, 0.1) is 10.7 Å². The van der Waals surface area contributed by atoms with Crippen LogP contribution in [-0.2, 0) is 10.0 Å². The minimum atomic E-state index is -4.31. The fourth-order valence-corrected chi connectivity index (χ4v) is 2.46. The number of hydrogen-bond donors (Lipinski definition) is 2. The number of sulfonamides is 1. The minimum absolute atomic E-state index is 0.191. The molecule has 0 aromatic rings. The van der Waals surface area contributed by atoms with Gasteiger partial charge >= 0.3 is 6.18 Å². The lowest BCUT2D eigenvalue weighted by molar-refractivity contribution is -0.134. The van der Waals surface area contributed by atoms with Gasteiger partial charge in [-0.25, -0.2) is 13.1 Å². The van der Waals surface area contributed by atoms with Crippen molar-refractivity contribution >= 4 is 27.2 Å². The van der Waals surface area contributed by atoms with Crippen LogP contribution in [-0.4, -0.2) is 31.9 Å². The molecule has 0 fully saturated rings. The molecule has 0 radical (unpaired) electrons. The number of halogens is 3. The number of hydrogen-bond acceptors (Lipinski definition) is 3. The van der Waals surface area contributed by atoms with Crippen LogP contribution in [0.4, 0.5) is 13.2 Å². The molecule has 0 aromatic heterocycles. The third-order valence-corrected chi connectivity index (χ3v) is 3.72. The quantitative estimate of drug-likeness (QED) is 0.502. The number of alkyl halides is 3. The first-order valence-electron chi connectivity index (χ1n) is 5.45. The zero-order chi connectivity index (χ0) is 14.2. The second kappa shape index (κ2) is 7.90. The van der Waals surface area contributed by atoms with Gasteiger partial charge in [0.1, 0.15) is 0 Å². The minimum Gasteiger partial charge on any atom is -0.393 e. The lowest BCUT2D eigenvalue weighted by atomic mass is 10.2. The van der Waals surface area contributed by atoms with E-state index < -0.39 is 34.8 Å². The predicted octanol–water partition coefficient (Wildman–Crippen LogP) is 1.70. The van der Waals surface area contributed by atoms with Gasteiger partial charge in [0.2, 0.25) is 10.0 Å². The highest BCUT2D eigenvalue weighted by atomic mass is 32.2. The molecule has 0 atom stereocenters. The standard InChI is InChI=1S/C9H17F3N2O2S2/c10-9(11,12)5-3-7-18(15,16)14-6-2-1-4-8(13)17/h14H,1-7H2,(H2,13,17). The summed E-state index contributed by atoms with van der Waals surface area (Å²) in [6.45, 7) is 0.191.